The Morgan fingerprint density at radius 2 is 1.50 bits per heavy atom. The monoisotopic (exact) mass is 395 g/mol. The van der Waals surface area contributed by atoms with Gasteiger partial charge in [0.2, 0.25) is 0 Å². The maximum Gasteiger partial charge on any atom is 0.254 e. The highest BCUT2D eigenvalue weighted by molar-refractivity contribution is 6.30. The zero-order chi connectivity index (χ0) is 19.8. The Balaban J connectivity index is 1.45. The van der Waals surface area contributed by atoms with Crippen LogP contribution in [0.2, 0.25) is 5.02 Å². The van der Waals surface area contributed by atoms with E-state index in [9.17, 15) is 9.59 Å². The molecule has 3 aromatic rings. The van der Waals surface area contributed by atoms with E-state index in [0.29, 0.717) is 42.3 Å². The summed E-state index contributed by atoms with van der Waals surface area (Å²) in [5.74, 6) is -0.0375. The van der Waals surface area contributed by atoms with Crippen LogP contribution in [0.15, 0.2) is 42.5 Å². The van der Waals surface area contributed by atoms with E-state index >= 15 is 0 Å². The number of halogens is 1. The van der Waals surface area contributed by atoms with Crippen molar-refractivity contribution in [1.29, 1.82) is 0 Å². The first-order chi connectivity index (χ1) is 13.4. The van der Waals surface area contributed by atoms with Crippen molar-refractivity contribution in [2.24, 2.45) is 0 Å². The lowest BCUT2D eigenvalue weighted by molar-refractivity contribution is 0.0535. The molecular formula is C22H22ClN3O2. The van der Waals surface area contributed by atoms with Gasteiger partial charge in [0, 0.05) is 58.9 Å². The highest BCUT2D eigenvalue weighted by Gasteiger charge is 2.26. The van der Waals surface area contributed by atoms with Crippen molar-refractivity contribution in [3.05, 3.63) is 69.9 Å². The van der Waals surface area contributed by atoms with E-state index in [1.165, 1.54) is 5.56 Å². The van der Waals surface area contributed by atoms with Gasteiger partial charge in [-0.25, -0.2) is 0 Å². The number of aryl methyl sites for hydroxylation is 2. The van der Waals surface area contributed by atoms with Crippen molar-refractivity contribution in [2.75, 3.05) is 26.2 Å². The van der Waals surface area contributed by atoms with Gasteiger partial charge in [0.25, 0.3) is 11.8 Å². The van der Waals surface area contributed by atoms with E-state index in [-0.39, 0.29) is 11.8 Å². The molecule has 6 heteroatoms. The first-order valence-corrected chi connectivity index (χ1v) is 9.75. The first-order valence-electron chi connectivity index (χ1n) is 9.37. The molecule has 1 aromatic heterocycles. The number of nitrogens with zero attached hydrogens (tertiary/aromatic N) is 2. The van der Waals surface area contributed by atoms with Crippen LogP contribution in [0.3, 0.4) is 0 Å². The Morgan fingerprint density at radius 1 is 0.893 bits per heavy atom. The van der Waals surface area contributed by atoms with E-state index in [2.05, 4.69) is 11.9 Å². The molecule has 0 saturated carbocycles. The van der Waals surface area contributed by atoms with Gasteiger partial charge in [-0.05, 0) is 55.8 Å². The average molecular weight is 396 g/mol. The standard InChI is InChI=1S/C22H22ClN3O2/c1-14-15(2)24-20-7-6-17(13-19(14)20)22(28)26-10-8-25(9-11-26)21(27)16-4-3-5-18(23)12-16/h3-7,12-13,24H,8-11H2,1-2H3. The van der Waals surface area contributed by atoms with Crippen LogP contribution in [-0.2, 0) is 0 Å². The zero-order valence-electron chi connectivity index (χ0n) is 16.0. The molecule has 0 bridgehead atoms. The average Bonchev–Trinajstić information content (AvgIpc) is 3.00. The van der Waals surface area contributed by atoms with Gasteiger partial charge in [0.05, 0.1) is 0 Å². The SMILES string of the molecule is Cc1[nH]c2ccc(C(=O)N3CCN(C(=O)c4cccc(Cl)c4)CC3)cc2c1C. The molecule has 2 aromatic carbocycles. The number of H-pyrrole nitrogens is 1. The number of hydrogen-bond donors (Lipinski definition) is 1. The van der Waals surface area contributed by atoms with Crippen molar-refractivity contribution < 1.29 is 9.59 Å². The minimum absolute atomic E-state index is 0.00927. The predicted molar refractivity (Wildman–Crippen MR) is 111 cm³/mol. The van der Waals surface area contributed by atoms with E-state index < -0.39 is 0 Å². The second-order valence-electron chi connectivity index (χ2n) is 7.23. The molecule has 144 valence electrons. The molecule has 2 amide bonds. The Bertz CT molecular complexity index is 1060. The second-order valence-corrected chi connectivity index (χ2v) is 7.67. The van der Waals surface area contributed by atoms with Crippen molar-refractivity contribution in [1.82, 2.24) is 14.8 Å². The summed E-state index contributed by atoms with van der Waals surface area (Å²) in [6.45, 7) is 6.17. The molecule has 4 rings (SSSR count). The summed E-state index contributed by atoms with van der Waals surface area (Å²) in [5.41, 5.74) is 4.60. The van der Waals surface area contributed by atoms with Crippen LogP contribution in [0, 0.1) is 13.8 Å². The molecule has 1 fully saturated rings. The van der Waals surface area contributed by atoms with Crippen LogP contribution in [0.4, 0.5) is 0 Å². The molecule has 1 N–H and O–H groups in total. The lowest BCUT2D eigenvalue weighted by atomic mass is 10.1. The van der Waals surface area contributed by atoms with E-state index in [0.717, 1.165) is 16.6 Å². The number of benzene rings is 2. The van der Waals surface area contributed by atoms with Gasteiger partial charge in [-0.1, -0.05) is 17.7 Å². The van der Waals surface area contributed by atoms with Crippen LogP contribution >= 0.6 is 11.6 Å². The van der Waals surface area contributed by atoms with Crippen molar-refractivity contribution in [2.45, 2.75) is 13.8 Å². The van der Waals surface area contributed by atoms with Gasteiger partial charge in [0.1, 0.15) is 0 Å². The number of fused-ring (bicyclic) bond motifs is 1. The molecule has 1 aliphatic heterocycles. The molecule has 1 aliphatic rings. The number of carbonyl (C=O) groups excluding carboxylic acids is 2. The summed E-state index contributed by atoms with van der Waals surface area (Å²) in [7, 11) is 0. The van der Waals surface area contributed by atoms with E-state index in [1.807, 2.05) is 30.0 Å². The Hall–Kier alpha value is -2.79. The lowest BCUT2D eigenvalue weighted by Gasteiger charge is -2.35. The maximum absolute atomic E-state index is 12.9. The summed E-state index contributed by atoms with van der Waals surface area (Å²) >= 11 is 5.99. The summed E-state index contributed by atoms with van der Waals surface area (Å²) in [6, 6.07) is 12.8. The first kappa shape index (κ1) is 18.6. The third-order valence-corrected chi connectivity index (χ3v) is 5.72. The molecule has 2 heterocycles. The minimum atomic E-state index is -0.0468. The van der Waals surface area contributed by atoms with Crippen molar-refractivity contribution in [3.63, 3.8) is 0 Å². The summed E-state index contributed by atoms with van der Waals surface area (Å²) < 4.78 is 0. The molecule has 0 aliphatic carbocycles. The lowest BCUT2D eigenvalue weighted by Crippen LogP contribution is -2.50. The topological polar surface area (TPSA) is 56.4 Å². The van der Waals surface area contributed by atoms with Crippen LogP contribution in [0.25, 0.3) is 10.9 Å². The van der Waals surface area contributed by atoms with E-state index in [4.69, 9.17) is 11.6 Å². The Morgan fingerprint density at radius 3 is 2.11 bits per heavy atom. The summed E-state index contributed by atoms with van der Waals surface area (Å²) in [6.07, 6.45) is 0. The zero-order valence-corrected chi connectivity index (χ0v) is 16.7. The van der Waals surface area contributed by atoms with Gasteiger partial charge >= 0.3 is 0 Å². The fourth-order valence-corrected chi connectivity index (χ4v) is 3.88. The third-order valence-electron chi connectivity index (χ3n) is 5.48. The fraction of sp³-hybridized carbons (Fsp3) is 0.273. The maximum atomic E-state index is 12.9. The van der Waals surface area contributed by atoms with Crippen LogP contribution in [0.1, 0.15) is 32.0 Å². The normalized spacial score (nSPS) is 14.5. The summed E-state index contributed by atoms with van der Waals surface area (Å²) in [4.78, 5) is 32.5. The van der Waals surface area contributed by atoms with Crippen molar-refractivity contribution >= 4 is 34.3 Å². The number of rotatable bonds is 2. The number of aromatic nitrogens is 1. The molecule has 0 unspecified atom stereocenters. The molecule has 0 spiro atoms. The molecule has 0 radical (unpaired) electrons. The fourth-order valence-electron chi connectivity index (χ4n) is 3.69. The van der Waals surface area contributed by atoms with Gasteiger partial charge in [-0.15, -0.1) is 0 Å². The quantitative estimate of drug-likeness (QED) is 0.712. The minimum Gasteiger partial charge on any atom is -0.358 e. The number of aromatic amines is 1. The second kappa shape index (κ2) is 7.32. The number of piperazine rings is 1. The highest BCUT2D eigenvalue weighted by atomic mass is 35.5. The molecule has 1 saturated heterocycles. The number of carbonyl (C=O) groups is 2. The smallest absolute Gasteiger partial charge is 0.254 e. The molecule has 0 atom stereocenters. The van der Waals surface area contributed by atoms with Gasteiger partial charge in [-0.3, -0.25) is 9.59 Å². The number of hydrogen-bond acceptors (Lipinski definition) is 2. The number of nitrogens with one attached hydrogen (secondary N) is 1. The summed E-state index contributed by atoms with van der Waals surface area (Å²) in [5, 5.41) is 1.63. The van der Waals surface area contributed by atoms with Crippen LogP contribution in [-0.4, -0.2) is 52.8 Å². The van der Waals surface area contributed by atoms with Gasteiger partial charge < -0.3 is 14.8 Å². The molecule has 28 heavy (non-hydrogen) atoms. The van der Waals surface area contributed by atoms with Crippen LogP contribution < -0.4 is 0 Å². The number of amides is 2. The predicted octanol–water partition coefficient (Wildman–Crippen LogP) is 4.04. The molecular weight excluding hydrogens is 374 g/mol. The largest absolute Gasteiger partial charge is 0.358 e. The third kappa shape index (κ3) is 3.38. The van der Waals surface area contributed by atoms with Crippen LogP contribution in [0.5, 0.6) is 0 Å². The molecule has 5 nitrogen and oxygen atoms in total. The Kier molecular flexibility index (Phi) is 4.85. The van der Waals surface area contributed by atoms with E-state index in [1.54, 1.807) is 29.2 Å². The van der Waals surface area contributed by atoms with Crippen molar-refractivity contribution in [3.8, 4) is 0 Å². The highest BCUT2D eigenvalue weighted by Crippen LogP contribution is 2.23. The van der Waals surface area contributed by atoms with Gasteiger partial charge in [-0.2, -0.15) is 0 Å². The van der Waals surface area contributed by atoms with Gasteiger partial charge in [0.15, 0.2) is 0 Å². The Labute approximate surface area is 168 Å².